The molecule has 1 unspecified atom stereocenters. The van der Waals surface area contributed by atoms with Crippen molar-refractivity contribution in [2.75, 3.05) is 13.7 Å². The Bertz CT molecular complexity index is 226. The third kappa shape index (κ3) is 1.64. The molecule has 1 aliphatic heterocycles. The van der Waals surface area contributed by atoms with E-state index < -0.39 is 0 Å². The largest absolute Gasteiger partial charge is 0.381 e. The van der Waals surface area contributed by atoms with E-state index in [0.29, 0.717) is 12.1 Å². The average molecular weight is 198 g/mol. The van der Waals surface area contributed by atoms with Crippen LogP contribution >= 0.6 is 0 Å². The summed E-state index contributed by atoms with van der Waals surface area (Å²) in [5.41, 5.74) is 5.73. The van der Waals surface area contributed by atoms with Gasteiger partial charge in [-0.3, -0.25) is 4.79 Å². The highest BCUT2D eigenvalue weighted by atomic mass is 16.5. The Kier molecular flexibility index (Phi) is 2.74. The number of ether oxygens (including phenoxy) is 1. The van der Waals surface area contributed by atoms with Gasteiger partial charge in [-0.15, -0.1) is 0 Å². The van der Waals surface area contributed by atoms with Crippen LogP contribution in [0.4, 0.5) is 0 Å². The number of likely N-dealkylation sites (tertiary alicyclic amines) is 1. The molecular formula is C10H18N2O2. The fraction of sp³-hybridized carbons (Fsp3) is 0.900. The van der Waals surface area contributed by atoms with Gasteiger partial charge in [0.1, 0.15) is 0 Å². The van der Waals surface area contributed by atoms with Crippen LogP contribution in [0, 0.1) is 0 Å². The molecular weight excluding hydrogens is 180 g/mol. The van der Waals surface area contributed by atoms with Gasteiger partial charge in [-0.05, 0) is 25.7 Å². The van der Waals surface area contributed by atoms with Crippen molar-refractivity contribution in [1.29, 1.82) is 0 Å². The van der Waals surface area contributed by atoms with Crippen LogP contribution < -0.4 is 5.73 Å². The topological polar surface area (TPSA) is 55.6 Å². The van der Waals surface area contributed by atoms with E-state index in [-0.39, 0.29) is 11.9 Å². The zero-order chi connectivity index (χ0) is 10.1. The summed E-state index contributed by atoms with van der Waals surface area (Å²) < 4.78 is 5.20. The molecule has 1 atom stereocenters. The highest BCUT2D eigenvalue weighted by molar-refractivity contribution is 5.82. The van der Waals surface area contributed by atoms with Crippen molar-refractivity contribution < 1.29 is 9.53 Å². The number of methoxy groups -OCH3 is 1. The standard InChI is InChI=1S/C10H18N2O2/c1-14-8-5-7(6-8)12-4-2-3-9(11)10(12)13/h7-9H,2-6,11H2,1H3. The molecule has 1 amide bonds. The van der Waals surface area contributed by atoms with Crippen molar-refractivity contribution in [3.8, 4) is 0 Å². The number of carbonyl (C=O) groups excluding carboxylic acids is 1. The van der Waals surface area contributed by atoms with Crippen LogP contribution in [0.3, 0.4) is 0 Å². The molecule has 4 nitrogen and oxygen atoms in total. The van der Waals surface area contributed by atoms with E-state index in [1.54, 1.807) is 7.11 Å². The highest BCUT2D eigenvalue weighted by Crippen LogP contribution is 2.30. The normalized spacial score (nSPS) is 38.3. The van der Waals surface area contributed by atoms with Crippen LogP contribution in [-0.4, -0.2) is 42.6 Å². The molecule has 0 aromatic heterocycles. The fourth-order valence-corrected chi connectivity index (χ4v) is 2.28. The van der Waals surface area contributed by atoms with Gasteiger partial charge in [-0.1, -0.05) is 0 Å². The summed E-state index contributed by atoms with van der Waals surface area (Å²) in [5.74, 6) is 0.135. The summed E-state index contributed by atoms with van der Waals surface area (Å²) in [6, 6.07) is 0.129. The summed E-state index contributed by atoms with van der Waals surface area (Å²) in [5, 5.41) is 0. The van der Waals surface area contributed by atoms with Crippen molar-refractivity contribution in [3.05, 3.63) is 0 Å². The van der Waals surface area contributed by atoms with Gasteiger partial charge < -0.3 is 15.4 Å². The van der Waals surface area contributed by atoms with Crippen LogP contribution in [0.2, 0.25) is 0 Å². The lowest BCUT2D eigenvalue weighted by molar-refractivity contribution is -0.143. The van der Waals surface area contributed by atoms with Crippen molar-refractivity contribution in [2.24, 2.45) is 5.73 Å². The SMILES string of the molecule is COC1CC(N2CCCC(N)C2=O)C1. The first-order valence-electron chi connectivity index (χ1n) is 5.31. The number of amides is 1. The maximum atomic E-state index is 11.7. The summed E-state index contributed by atoms with van der Waals surface area (Å²) in [6.45, 7) is 0.883. The Balaban J connectivity index is 1.88. The first-order chi connectivity index (χ1) is 6.72. The number of nitrogens with two attached hydrogens (primary N) is 1. The molecule has 14 heavy (non-hydrogen) atoms. The molecule has 1 aliphatic carbocycles. The van der Waals surface area contributed by atoms with Crippen LogP contribution in [-0.2, 0) is 9.53 Å². The first-order valence-corrected chi connectivity index (χ1v) is 5.31. The summed E-state index contributed by atoms with van der Waals surface area (Å²) in [6.07, 6.45) is 4.20. The second-order valence-electron chi connectivity index (χ2n) is 4.26. The zero-order valence-electron chi connectivity index (χ0n) is 8.61. The van der Waals surface area contributed by atoms with E-state index in [1.165, 1.54) is 0 Å². The number of piperidine rings is 1. The number of carbonyl (C=O) groups is 1. The minimum absolute atomic E-state index is 0.135. The van der Waals surface area contributed by atoms with Crippen molar-refractivity contribution >= 4 is 5.91 Å². The van der Waals surface area contributed by atoms with Gasteiger partial charge in [0.05, 0.1) is 12.1 Å². The smallest absolute Gasteiger partial charge is 0.239 e. The van der Waals surface area contributed by atoms with Gasteiger partial charge in [0.15, 0.2) is 0 Å². The van der Waals surface area contributed by atoms with E-state index in [2.05, 4.69) is 0 Å². The molecule has 0 aromatic rings. The minimum atomic E-state index is -0.259. The molecule has 1 heterocycles. The lowest BCUT2D eigenvalue weighted by Gasteiger charge is -2.44. The third-order valence-electron chi connectivity index (χ3n) is 3.36. The molecule has 2 aliphatic rings. The molecule has 4 heteroatoms. The molecule has 80 valence electrons. The van der Waals surface area contributed by atoms with Gasteiger partial charge in [-0.2, -0.15) is 0 Å². The van der Waals surface area contributed by atoms with Gasteiger partial charge >= 0.3 is 0 Å². The Morgan fingerprint density at radius 2 is 2.21 bits per heavy atom. The van der Waals surface area contributed by atoms with Gasteiger partial charge in [-0.25, -0.2) is 0 Å². The molecule has 2 N–H and O–H groups in total. The monoisotopic (exact) mass is 198 g/mol. The second kappa shape index (κ2) is 3.87. The Morgan fingerprint density at radius 3 is 2.86 bits per heavy atom. The molecule has 2 fully saturated rings. The van der Waals surface area contributed by atoms with E-state index in [4.69, 9.17) is 10.5 Å². The molecule has 0 spiro atoms. The number of nitrogens with zero attached hydrogens (tertiary/aromatic N) is 1. The van der Waals surface area contributed by atoms with Gasteiger partial charge in [0.2, 0.25) is 5.91 Å². The lowest BCUT2D eigenvalue weighted by atomic mass is 9.86. The maximum Gasteiger partial charge on any atom is 0.239 e. The molecule has 1 saturated heterocycles. The number of rotatable bonds is 2. The summed E-state index contributed by atoms with van der Waals surface area (Å²) in [7, 11) is 1.73. The highest BCUT2D eigenvalue weighted by Gasteiger charge is 2.38. The van der Waals surface area contributed by atoms with E-state index >= 15 is 0 Å². The summed E-state index contributed by atoms with van der Waals surface area (Å²) >= 11 is 0. The Hall–Kier alpha value is -0.610. The van der Waals surface area contributed by atoms with Crippen LogP contribution in [0.15, 0.2) is 0 Å². The first kappa shape index (κ1) is 9.93. The fourth-order valence-electron chi connectivity index (χ4n) is 2.28. The van der Waals surface area contributed by atoms with Crippen molar-refractivity contribution in [3.63, 3.8) is 0 Å². The Morgan fingerprint density at radius 1 is 1.50 bits per heavy atom. The van der Waals surface area contributed by atoms with Gasteiger partial charge in [0, 0.05) is 19.7 Å². The predicted octanol–water partition coefficient (Wildman–Crippen LogP) is 0.113. The zero-order valence-corrected chi connectivity index (χ0v) is 8.61. The van der Waals surface area contributed by atoms with Gasteiger partial charge in [0.25, 0.3) is 0 Å². The lowest BCUT2D eigenvalue weighted by Crippen LogP contribution is -2.57. The van der Waals surface area contributed by atoms with Crippen molar-refractivity contribution in [1.82, 2.24) is 4.90 Å². The van der Waals surface area contributed by atoms with E-state index in [0.717, 1.165) is 32.2 Å². The van der Waals surface area contributed by atoms with E-state index in [1.807, 2.05) is 4.90 Å². The van der Waals surface area contributed by atoms with Crippen LogP contribution in [0.1, 0.15) is 25.7 Å². The van der Waals surface area contributed by atoms with Crippen molar-refractivity contribution in [2.45, 2.75) is 43.9 Å². The molecule has 0 aromatic carbocycles. The van der Waals surface area contributed by atoms with E-state index in [9.17, 15) is 4.79 Å². The molecule has 2 rings (SSSR count). The second-order valence-corrected chi connectivity index (χ2v) is 4.26. The van der Waals surface area contributed by atoms with Crippen LogP contribution in [0.25, 0.3) is 0 Å². The molecule has 0 bridgehead atoms. The predicted molar refractivity (Wildman–Crippen MR) is 52.7 cm³/mol. The average Bonchev–Trinajstić information content (AvgIpc) is 2.10. The number of hydrogen-bond acceptors (Lipinski definition) is 3. The minimum Gasteiger partial charge on any atom is -0.381 e. The molecule has 0 radical (unpaired) electrons. The van der Waals surface area contributed by atoms with Crippen LogP contribution in [0.5, 0.6) is 0 Å². The quantitative estimate of drug-likeness (QED) is 0.685. The Labute approximate surface area is 84.4 Å². The number of hydrogen-bond donors (Lipinski definition) is 1. The third-order valence-corrected chi connectivity index (χ3v) is 3.36. The molecule has 1 saturated carbocycles. The maximum absolute atomic E-state index is 11.7. The summed E-state index contributed by atoms with van der Waals surface area (Å²) in [4.78, 5) is 13.7.